The lowest BCUT2D eigenvalue weighted by Crippen LogP contribution is -2.25. The van der Waals surface area contributed by atoms with Crippen molar-refractivity contribution in [1.29, 1.82) is 0 Å². The third-order valence-corrected chi connectivity index (χ3v) is 3.62. The molecule has 6 nitrogen and oxygen atoms in total. The van der Waals surface area contributed by atoms with Crippen LogP contribution < -0.4 is 10.6 Å². The Morgan fingerprint density at radius 3 is 2.23 bits per heavy atom. The standard InChI is InChI=1S/C20H24N2O4/c1-25-14-15-26-13-5-12-21-19(23)17-8-10-18(11-9-17)22-20(24)16-6-3-2-4-7-16/h2-4,6-11H,5,12-15H2,1H3,(H,21,23)(H,22,24). The van der Waals surface area contributed by atoms with Gasteiger partial charge in [0.1, 0.15) is 0 Å². The minimum absolute atomic E-state index is 0.150. The van der Waals surface area contributed by atoms with Gasteiger partial charge in [-0.2, -0.15) is 0 Å². The molecule has 0 unspecified atom stereocenters. The van der Waals surface area contributed by atoms with E-state index in [1.807, 2.05) is 18.2 Å². The number of hydrogen-bond donors (Lipinski definition) is 2. The summed E-state index contributed by atoms with van der Waals surface area (Å²) in [6.07, 6.45) is 0.737. The molecule has 0 bridgehead atoms. The van der Waals surface area contributed by atoms with Crippen LogP contribution >= 0.6 is 0 Å². The van der Waals surface area contributed by atoms with E-state index in [1.165, 1.54) is 0 Å². The molecule has 0 radical (unpaired) electrons. The van der Waals surface area contributed by atoms with Crippen LogP contribution in [-0.2, 0) is 9.47 Å². The first kappa shape index (κ1) is 19.6. The van der Waals surface area contributed by atoms with Crippen molar-refractivity contribution in [3.8, 4) is 0 Å². The molecule has 0 aliphatic rings. The molecule has 26 heavy (non-hydrogen) atoms. The van der Waals surface area contributed by atoms with E-state index in [0.717, 1.165) is 6.42 Å². The van der Waals surface area contributed by atoms with Crippen molar-refractivity contribution in [2.75, 3.05) is 38.8 Å². The average Bonchev–Trinajstić information content (AvgIpc) is 2.68. The number of hydrogen-bond acceptors (Lipinski definition) is 4. The fraction of sp³-hybridized carbons (Fsp3) is 0.300. The predicted molar refractivity (Wildman–Crippen MR) is 100 cm³/mol. The fourth-order valence-corrected chi connectivity index (χ4v) is 2.22. The molecule has 6 heteroatoms. The monoisotopic (exact) mass is 356 g/mol. The van der Waals surface area contributed by atoms with Crippen molar-refractivity contribution < 1.29 is 19.1 Å². The second kappa shape index (κ2) is 11.0. The van der Waals surface area contributed by atoms with Gasteiger partial charge in [0.2, 0.25) is 0 Å². The van der Waals surface area contributed by atoms with Crippen molar-refractivity contribution in [2.24, 2.45) is 0 Å². The number of anilines is 1. The summed E-state index contributed by atoms with van der Waals surface area (Å²) in [6, 6.07) is 15.8. The van der Waals surface area contributed by atoms with Crippen LogP contribution in [0.25, 0.3) is 0 Å². The number of carbonyl (C=O) groups excluding carboxylic acids is 2. The summed E-state index contributed by atoms with van der Waals surface area (Å²) in [6.45, 7) is 2.24. The van der Waals surface area contributed by atoms with E-state index in [-0.39, 0.29) is 11.8 Å². The first-order chi connectivity index (χ1) is 12.7. The summed E-state index contributed by atoms with van der Waals surface area (Å²) in [4.78, 5) is 24.2. The minimum Gasteiger partial charge on any atom is -0.382 e. The maximum atomic E-state index is 12.1. The lowest BCUT2D eigenvalue weighted by molar-refractivity contribution is 0.0688. The van der Waals surface area contributed by atoms with E-state index in [0.29, 0.717) is 43.2 Å². The predicted octanol–water partition coefficient (Wildman–Crippen LogP) is 2.72. The molecular weight excluding hydrogens is 332 g/mol. The minimum atomic E-state index is -0.184. The van der Waals surface area contributed by atoms with Gasteiger partial charge in [0.05, 0.1) is 13.2 Å². The van der Waals surface area contributed by atoms with Gasteiger partial charge in [-0.25, -0.2) is 0 Å². The van der Waals surface area contributed by atoms with E-state index in [4.69, 9.17) is 9.47 Å². The quantitative estimate of drug-likeness (QED) is 0.642. The number of nitrogens with one attached hydrogen (secondary N) is 2. The van der Waals surface area contributed by atoms with Crippen LogP contribution in [0.4, 0.5) is 5.69 Å². The normalized spacial score (nSPS) is 10.3. The maximum Gasteiger partial charge on any atom is 0.255 e. The van der Waals surface area contributed by atoms with Gasteiger partial charge in [0, 0.05) is 37.1 Å². The van der Waals surface area contributed by atoms with Gasteiger partial charge in [-0.1, -0.05) is 18.2 Å². The van der Waals surface area contributed by atoms with E-state index < -0.39 is 0 Å². The highest BCUT2D eigenvalue weighted by Crippen LogP contribution is 2.11. The summed E-state index contributed by atoms with van der Waals surface area (Å²) in [5.74, 6) is -0.334. The topological polar surface area (TPSA) is 76.7 Å². The van der Waals surface area contributed by atoms with E-state index in [1.54, 1.807) is 43.5 Å². The highest BCUT2D eigenvalue weighted by atomic mass is 16.5. The highest BCUT2D eigenvalue weighted by Gasteiger charge is 2.07. The first-order valence-corrected chi connectivity index (χ1v) is 8.52. The molecule has 2 rings (SSSR count). The van der Waals surface area contributed by atoms with Crippen LogP contribution in [0.2, 0.25) is 0 Å². The molecule has 0 saturated heterocycles. The Balaban J connectivity index is 1.74. The lowest BCUT2D eigenvalue weighted by atomic mass is 10.1. The van der Waals surface area contributed by atoms with Gasteiger partial charge < -0.3 is 20.1 Å². The maximum absolute atomic E-state index is 12.1. The summed E-state index contributed by atoms with van der Waals surface area (Å²) in [5.41, 5.74) is 1.77. The lowest BCUT2D eigenvalue weighted by Gasteiger charge is -2.08. The van der Waals surface area contributed by atoms with Crippen molar-refractivity contribution in [1.82, 2.24) is 5.32 Å². The Bertz CT molecular complexity index is 687. The molecule has 0 fully saturated rings. The van der Waals surface area contributed by atoms with Gasteiger partial charge in [0.15, 0.2) is 0 Å². The van der Waals surface area contributed by atoms with Crippen molar-refractivity contribution in [2.45, 2.75) is 6.42 Å². The molecular formula is C20H24N2O4. The summed E-state index contributed by atoms with van der Waals surface area (Å²) < 4.78 is 10.2. The van der Waals surface area contributed by atoms with Crippen molar-refractivity contribution in [3.05, 3.63) is 65.7 Å². The van der Waals surface area contributed by atoms with Crippen LogP contribution in [-0.4, -0.2) is 45.3 Å². The van der Waals surface area contributed by atoms with Gasteiger partial charge in [0.25, 0.3) is 11.8 Å². The fourth-order valence-electron chi connectivity index (χ4n) is 2.22. The summed E-state index contributed by atoms with van der Waals surface area (Å²) >= 11 is 0. The van der Waals surface area contributed by atoms with E-state index >= 15 is 0 Å². The number of carbonyl (C=O) groups is 2. The van der Waals surface area contributed by atoms with Crippen LogP contribution in [0.5, 0.6) is 0 Å². The Hall–Kier alpha value is -2.70. The molecule has 0 heterocycles. The smallest absolute Gasteiger partial charge is 0.255 e. The number of amides is 2. The van der Waals surface area contributed by atoms with Gasteiger partial charge in [-0.3, -0.25) is 9.59 Å². The van der Waals surface area contributed by atoms with Crippen LogP contribution in [0.3, 0.4) is 0 Å². The molecule has 0 aromatic heterocycles. The van der Waals surface area contributed by atoms with Crippen molar-refractivity contribution in [3.63, 3.8) is 0 Å². The third kappa shape index (κ3) is 6.66. The Kier molecular flexibility index (Phi) is 8.32. The average molecular weight is 356 g/mol. The molecule has 0 atom stereocenters. The zero-order chi connectivity index (χ0) is 18.6. The number of rotatable bonds is 10. The highest BCUT2D eigenvalue weighted by molar-refractivity contribution is 6.04. The molecule has 0 saturated carbocycles. The molecule has 138 valence electrons. The Labute approximate surface area is 153 Å². The number of ether oxygens (including phenoxy) is 2. The van der Waals surface area contributed by atoms with Crippen molar-refractivity contribution >= 4 is 17.5 Å². The van der Waals surface area contributed by atoms with E-state index in [2.05, 4.69) is 10.6 Å². The third-order valence-electron chi connectivity index (χ3n) is 3.62. The molecule has 0 aliphatic heterocycles. The van der Waals surface area contributed by atoms with E-state index in [9.17, 15) is 9.59 Å². The summed E-state index contributed by atoms with van der Waals surface area (Å²) in [5, 5.41) is 5.64. The van der Waals surface area contributed by atoms with Gasteiger partial charge >= 0.3 is 0 Å². The number of methoxy groups -OCH3 is 1. The van der Waals surface area contributed by atoms with Gasteiger partial charge in [-0.15, -0.1) is 0 Å². The second-order valence-electron chi connectivity index (χ2n) is 5.61. The molecule has 0 aliphatic carbocycles. The molecule has 0 spiro atoms. The second-order valence-corrected chi connectivity index (χ2v) is 5.61. The number of benzene rings is 2. The first-order valence-electron chi connectivity index (χ1n) is 8.52. The molecule has 2 amide bonds. The van der Waals surface area contributed by atoms with Gasteiger partial charge in [-0.05, 0) is 42.8 Å². The Morgan fingerprint density at radius 2 is 1.54 bits per heavy atom. The molecule has 2 aromatic carbocycles. The molecule has 2 aromatic rings. The van der Waals surface area contributed by atoms with Crippen LogP contribution in [0, 0.1) is 0 Å². The summed E-state index contributed by atoms with van der Waals surface area (Å²) in [7, 11) is 1.63. The zero-order valence-electron chi connectivity index (χ0n) is 14.9. The SMILES string of the molecule is COCCOCCCNC(=O)c1ccc(NC(=O)c2ccccc2)cc1. The van der Waals surface area contributed by atoms with Crippen LogP contribution in [0.1, 0.15) is 27.1 Å². The molecule has 2 N–H and O–H groups in total. The largest absolute Gasteiger partial charge is 0.382 e. The zero-order valence-corrected chi connectivity index (χ0v) is 14.9. The Morgan fingerprint density at radius 1 is 0.846 bits per heavy atom. The van der Waals surface area contributed by atoms with Crippen LogP contribution in [0.15, 0.2) is 54.6 Å².